The number of hydrogen-bond donors (Lipinski definition) is 1. The fraction of sp³-hybridized carbons (Fsp3) is 0.333. The van der Waals surface area contributed by atoms with Crippen LogP contribution < -0.4 is 20.6 Å². The van der Waals surface area contributed by atoms with Gasteiger partial charge in [-0.25, -0.2) is 4.98 Å². The number of carbonyl (C=O) groups excluding carboxylic acids is 2. The average Bonchev–Trinajstić information content (AvgIpc) is 3.15. The number of thioether (sulfide) groups is 1. The van der Waals surface area contributed by atoms with Crippen molar-refractivity contribution < 1.29 is 23.8 Å². The van der Waals surface area contributed by atoms with Crippen molar-refractivity contribution in [2.45, 2.75) is 26.3 Å². The van der Waals surface area contributed by atoms with E-state index in [4.69, 9.17) is 9.15 Å². The van der Waals surface area contributed by atoms with Crippen LogP contribution in [0.3, 0.4) is 0 Å². The highest BCUT2D eigenvalue weighted by Crippen LogP contribution is 2.27. The van der Waals surface area contributed by atoms with Gasteiger partial charge in [-0.3, -0.25) is 9.59 Å². The van der Waals surface area contributed by atoms with Crippen molar-refractivity contribution in [1.29, 1.82) is 0 Å². The molecule has 0 spiro atoms. The lowest BCUT2D eigenvalue weighted by atomic mass is 10.1. The summed E-state index contributed by atoms with van der Waals surface area (Å²) in [6.45, 7) is 3.22. The minimum atomic E-state index is -1.34. The SMILES string of the molecule is CSCC[C@@H](NC(=O)COc1cc(C)c2c(=O)c(-c3nc(C)cs3)coc2c1)C(=O)[O-]. The minimum Gasteiger partial charge on any atom is -0.548 e. The molecule has 1 N–H and O–H groups in total. The van der Waals surface area contributed by atoms with Gasteiger partial charge in [0.2, 0.25) is 5.43 Å². The average molecular weight is 462 g/mol. The molecular formula is C21H21N2O6S2-. The third-order valence-corrected chi connectivity index (χ3v) is 6.14. The Morgan fingerprint density at radius 1 is 1.35 bits per heavy atom. The topological polar surface area (TPSA) is 122 Å². The van der Waals surface area contributed by atoms with Gasteiger partial charge in [-0.05, 0) is 43.9 Å². The number of carboxylic acid groups (broad SMARTS) is 1. The van der Waals surface area contributed by atoms with Gasteiger partial charge in [0, 0.05) is 17.1 Å². The fourth-order valence-electron chi connectivity index (χ4n) is 3.00. The molecule has 0 aliphatic heterocycles. The minimum absolute atomic E-state index is 0.192. The molecule has 0 saturated heterocycles. The number of nitrogens with zero attached hydrogens (tertiary/aromatic N) is 1. The number of benzene rings is 1. The first-order chi connectivity index (χ1) is 14.8. The molecule has 3 rings (SSSR count). The molecule has 164 valence electrons. The van der Waals surface area contributed by atoms with E-state index in [-0.39, 0.29) is 18.5 Å². The van der Waals surface area contributed by atoms with Crippen LogP contribution >= 0.6 is 23.1 Å². The zero-order valence-electron chi connectivity index (χ0n) is 17.2. The Hall–Kier alpha value is -2.85. The van der Waals surface area contributed by atoms with Gasteiger partial charge >= 0.3 is 0 Å². The lowest BCUT2D eigenvalue weighted by Gasteiger charge is -2.19. The van der Waals surface area contributed by atoms with Gasteiger partial charge in [0.25, 0.3) is 5.91 Å². The van der Waals surface area contributed by atoms with Gasteiger partial charge in [0.1, 0.15) is 22.6 Å². The van der Waals surface area contributed by atoms with Crippen LogP contribution in [-0.4, -0.2) is 41.5 Å². The van der Waals surface area contributed by atoms with Crippen LogP contribution in [0.5, 0.6) is 5.75 Å². The maximum atomic E-state index is 12.9. The molecular weight excluding hydrogens is 440 g/mol. The number of nitrogens with one attached hydrogen (secondary N) is 1. The number of aliphatic carboxylic acids is 1. The highest BCUT2D eigenvalue weighted by molar-refractivity contribution is 7.98. The highest BCUT2D eigenvalue weighted by Gasteiger charge is 2.16. The number of rotatable bonds is 9. The number of hydrogen-bond acceptors (Lipinski definition) is 9. The molecule has 31 heavy (non-hydrogen) atoms. The van der Waals surface area contributed by atoms with E-state index >= 15 is 0 Å². The van der Waals surface area contributed by atoms with E-state index in [2.05, 4.69) is 10.3 Å². The van der Waals surface area contributed by atoms with Crippen molar-refractivity contribution >= 4 is 45.9 Å². The summed E-state index contributed by atoms with van der Waals surface area (Å²) in [5, 5.41) is 16.4. The Morgan fingerprint density at radius 2 is 2.13 bits per heavy atom. The lowest BCUT2D eigenvalue weighted by molar-refractivity contribution is -0.308. The largest absolute Gasteiger partial charge is 0.548 e. The second-order valence-electron chi connectivity index (χ2n) is 6.90. The summed E-state index contributed by atoms with van der Waals surface area (Å²) in [5.74, 6) is -1.01. The van der Waals surface area contributed by atoms with Crippen molar-refractivity contribution in [3.8, 4) is 16.3 Å². The molecule has 8 nitrogen and oxygen atoms in total. The second kappa shape index (κ2) is 9.97. The predicted octanol–water partition coefficient (Wildman–Crippen LogP) is 1.90. The van der Waals surface area contributed by atoms with Gasteiger partial charge < -0.3 is 24.4 Å². The van der Waals surface area contributed by atoms with Crippen molar-refractivity contribution in [2.24, 2.45) is 0 Å². The Morgan fingerprint density at radius 3 is 2.77 bits per heavy atom. The predicted molar refractivity (Wildman–Crippen MR) is 118 cm³/mol. The quantitative estimate of drug-likeness (QED) is 0.513. The smallest absolute Gasteiger partial charge is 0.258 e. The van der Waals surface area contributed by atoms with Crippen LogP contribution in [0.25, 0.3) is 21.5 Å². The number of fused-ring (bicyclic) bond motifs is 1. The van der Waals surface area contributed by atoms with Crippen LogP contribution in [0, 0.1) is 13.8 Å². The molecule has 3 aromatic rings. The number of carboxylic acids is 1. The first kappa shape index (κ1) is 22.8. The van der Waals surface area contributed by atoms with E-state index in [9.17, 15) is 19.5 Å². The molecule has 0 radical (unpaired) electrons. The molecule has 0 saturated carbocycles. The molecule has 0 unspecified atom stereocenters. The maximum absolute atomic E-state index is 12.9. The van der Waals surface area contributed by atoms with Crippen LogP contribution in [-0.2, 0) is 9.59 Å². The first-order valence-corrected chi connectivity index (χ1v) is 11.7. The maximum Gasteiger partial charge on any atom is 0.258 e. The Bertz CT molecular complexity index is 1170. The third-order valence-electron chi connectivity index (χ3n) is 4.50. The van der Waals surface area contributed by atoms with Gasteiger partial charge in [-0.15, -0.1) is 11.3 Å². The number of carbonyl (C=O) groups is 2. The molecule has 0 aliphatic carbocycles. The summed E-state index contributed by atoms with van der Waals surface area (Å²) >= 11 is 2.85. The van der Waals surface area contributed by atoms with E-state index in [1.165, 1.54) is 35.4 Å². The monoisotopic (exact) mass is 461 g/mol. The van der Waals surface area contributed by atoms with Crippen molar-refractivity contribution in [3.63, 3.8) is 0 Å². The number of amides is 1. The summed E-state index contributed by atoms with van der Waals surface area (Å²) in [4.78, 5) is 40.5. The zero-order chi connectivity index (χ0) is 22.5. The summed E-state index contributed by atoms with van der Waals surface area (Å²) in [6.07, 6.45) is 3.48. The Labute approximate surface area is 186 Å². The van der Waals surface area contributed by atoms with E-state index in [1.807, 2.05) is 18.6 Å². The van der Waals surface area contributed by atoms with E-state index in [0.29, 0.717) is 38.6 Å². The summed E-state index contributed by atoms with van der Waals surface area (Å²) in [7, 11) is 0. The third kappa shape index (κ3) is 5.45. The van der Waals surface area contributed by atoms with Crippen molar-refractivity contribution in [2.75, 3.05) is 18.6 Å². The van der Waals surface area contributed by atoms with Crippen molar-refractivity contribution in [1.82, 2.24) is 10.3 Å². The standard InChI is InChI=1S/C21H22N2O6S2/c1-11-6-13(28-9-17(24)23-15(21(26)27)4-5-30-3)7-16-18(11)19(25)14(8-29-16)20-22-12(2)10-31-20/h6-8,10,15H,4-5,9H2,1-3H3,(H,23,24)(H,26,27)/p-1/t15-/m1/s1. The molecule has 1 amide bonds. The molecule has 0 aliphatic rings. The molecule has 0 bridgehead atoms. The summed E-state index contributed by atoms with van der Waals surface area (Å²) in [5.41, 5.74) is 1.98. The van der Waals surface area contributed by atoms with Crippen LogP contribution in [0.1, 0.15) is 17.7 Å². The van der Waals surface area contributed by atoms with Gasteiger partial charge in [0.15, 0.2) is 6.61 Å². The van der Waals surface area contributed by atoms with Crippen LogP contribution in [0.15, 0.2) is 33.0 Å². The van der Waals surface area contributed by atoms with E-state index in [0.717, 1.165) is 5.69 Å². The molecule has 0 fully saturated rings. The van der Waals surface area contributed by atoms with Gasteiger partial charge in [-0.1, -0.05) is 0 Å². The second-order valence-corrected chi connectivity index (χ2v) is 8.74. The van der Waals surface area contributed by atoms with E-state index in [1.54, 1.807) is 13.0 Å². The zero-order valence-corrected chi connectivity index (χ0v) is 18.9. The van der Waals surface area contributed by atoms with Crippen molar-refractivity contribution in [3.05, 3.63) is 45.3 Å². The Balaban J connectivity index is 1.76. The number of thiazole rings is 1. The first-order valence-electron chi connectivity index (χ1n) is 9.40. The van der Waals surface area contributed by atoms with E-state index < -0.39 is 17.9 Å². The molecule has 10 heteroatoms. The van der Waals surface area contributed by atoms with Crippen LogP contribution in [0.4, 0.5) is 0 Å². The number of aromatic nitrogens is 1. The molecule has 1 atom stereocenters. The van der Waals surface area contributed by atoms with Gasteiger partial charge in [-0.2, -0.15) is 11.8 Å². The molecule has 2 heterocycles. The normalized spacial score (nSPS) is 12.0. The van der Waals surface area contributed by atoms with Gasteiger partial charge in [0.05, 0.1) is 23.0 Å². The summed E-state index contributed by atoms with van der Waals surface area (Å²) in [6, 6.07) is 2.08. The van der Waals surface area contributed by atoms with Crippen LogP contribution in [0.2, 0.25) is 0 Å². The molecule has 1 aromatic carbocycles. The number of ether oxygens (including phenoxy) is 1. The molecule has 2 aromatic heterocycles. The highest BCUT2D eigenvalue weighted by atomic mass is 32.2. The fourth-order valence-corrected chi connectivity index (χ4v) is 4.27. The number of aryl methyl sites for hydroxylation is 2. The Kier molecular flexibility index (Phi) is 7.34. The summed E-state index contributed by atoms with van der Waals surface area (Å²) < 4.78 is 11.2. The lowest BCUT2D eigenvalue weighted by Crippen LogP contribution is -2.49.